The summed E-state index contributed by atoms with van der Waals surface area (Å²) in [6.07, 6.45) is 0.759. The molecule has 98 valence electrons. The molecule has 1 unspecified atom stereocenters. The van der Waals surface area contributed by atoms with Gasteiger partial charge in [-0.1, -0.05) is 20.4 Å². The molecule has 0 radical (unpaired) electrons. The van der Waals surface area contributed by atoms with Gasteiger partial charge in [0.1, 0.15) is 17.7 Å². The van der Waals surface area contributed by atoms with E-state index in [2.05, 4.69) is 33.9 Å². The molecule has 0 aromatic heterocycles. The van der Waals surface area contributed by atoms with E-state index in [4.69, 9.17) is 0 Å². The standard InChI is InChI=1S/C12H18N4O2/c1-7(2)11(13-4)15-8(3)14-9-5-6-10(17)16-12(9)18/h7,9,14H,3-6H2,1-2H3,(H,16,17,18)/b15-11-. The summed E-state index contributed by atoms with van der Waals surface area (Å²) in [5.74, 6) is 0.436. The number of carbonyl (C=O) groups excluding carboxylic acids is 2. The molecule has 0 bridgehead atoms. The number of nitrogens with zero attached hydrogens (tertiary/aromatic N) is 2. The Balaban J connectivity index is 2.62. The summed E-state index contributed by atoms with van der Waals surface area (Å²) in [6.45, 7) is 11.0. The lowest BCUT2D eigenvalue weighted by Gasteiger charge is -2.22. The molecule has 1 aliphatic heterocycles. The topological polar surface area (TPSA) is 82.9 Å². The van der Waals surface area contributed by atoms with Gasteiger partial charge in [-0.3, -0.25) is 14.9 Å². The number of carbonyl (C=O) groups is 2. The van der Waals surface area contributed by atoms with Gasteiger partial charge in [0.05, 0.1) is 0 Å². The van der Waals surface area contributed by atoms with Gasteiger partial charge in [-0.2, -0.15) is 0 Å². The summed E-state index contributed by atoms with van der Waals surface area (Å²) in [4.78, 5) is 30.5. The smallest absolute Gasteiger partial charge is 0.249 e. The molecule has 2 N–H and O–H groups in total. The first-order valence-electron chi connectivity index (χ1n) is 5.78. The third kappa shape index (κ3) is 3.80. The predicted octanol–water partition coefficient (Wildman–Crippen LogP) is 0.607. The summed E-state index contributed by atoms with van der Waals surface area (Å²) in [5, 5.41) is 5.13. The second-order valence-electron chi connectivity index (χ2n) is 4.38. The molecule has 0 aromatic carbocycles. The molecule has 1 heterocycles. The Morgan fingerprint density at radius 1 is 1.50 bits per heavy atom. The van der Waals surface area contributed by atoms with Crippen molar-refractivity contribution in [2.45, 2.75) is 32.7 Å². The van der Waals surface area contributed by atoms with Crippen LogP contribution in [0.3, 0.4) is 0 Å². The van der Waals surface area contributed by atoms with Crippen molar-refractivity contribution in [1.29, 1.82) is 0 Å². The molecule has 1 saturated heterocycles. The first-order chi connectivity index (χ1) is 8.43. The number of piperidine rings is 1. The van der Waals surface area contributed by atoms with Gasteiger partial charge in [0.2, 0.25) is 11.8 Å². The second-order valence-corrected chi connectivity index (χ2v) is 4.38. The fourth-order valence-electron chi connectivity index (χ4n) is 1.55. The van der Waals surface area contributed by atoms with E-state index in [1.54, 1.807) is 0 Å². The van der Waals surface area contributed by atoms with E-state index in [9.17, 15) is 9.59 Å². The zero-order valence-electron chi connectivity index (χ0n) is 10.7. The molecule has 0 aromatic rings. The lowest BCUT2D eigenvalue weighted by Crippen LogP contribution is -2.50. The van der Waals surface area contributed by atoms with E-state index in [1.165, 1.54) is 0 Å². The molecule has 6 nitrogen and oxygen atoms in total. The maximum atomic E-state index is 11.5. The highest BCUT2D eigenvalue weighted by atomic mass is 16.2. The first kappa shape index (κ1) is 14.1. The third-order valence-electron chi connectivity index (χ3n) is 2.51. The number of amidine groups is 1. The molecule has 2 amide bonds. The van der Waals surface area contributed by atoms with Crippen molar-refractivity contribution in [1.82, 2.24) is 10.6 Å². The Morgan fingerprint density at radius 3 is 2.67 bits per heavy atom. The van der Waals surface area contributed by atoms with Gasteiger partial charge in [-0.25, -0.2) is 9.98 Å². The summed E-state index contributed by atoms with van der Waals surface area (Å²) in [7, 11) is 0. The Labute approximate surface area is 106 Å². The fraction of sp³-hybridized carbons (Fsp3) is 0.500. The van der Waals surface area contributed by atoms with Crippen molar-refractivity contribution >= 4 is 24.4 Å². The van der Waals surface area contributed by atoms with Crippen molar-refractivity contribution in [3.05, 3.63) is 12.4 Å². The molecule has 1 rings (SSSR count). The Kier molecular flexibility index (Phi) is 4.76. The normalized spacial score (nSPS) is 20.6. The minimum Gasteiger partial charge on any atom is -0.359 e. The van der Waals surface area contributed by atoms with Crippen LogP contribution in [0.4, 0.5) is 0 Å². The zero-order valence-corrected chi connectivity index (χ0v) is 10.7. The Hall–Kier alpha value is -1.98. The largest absolute Gasteiger partial charge is 0.359 e. The van der Waals surface area contributed by atoms with Crippen molar-refractivity contribution in [3.63, 3.8) is 0 Å². The molecular formula is C12H18N4O2. The lowest BCUT2D eigenvalue weighted by molar-refractivity contribution is -0.134. The molecule has 0 aliphatic carbocycles. The van der Waals surface area contributed by atoms with Gasteiger partial charge < -0.3 is 5.32 Å². The number of imide groups is 1. The molecule has 1 aliphatic rings. The van der Waals surface area contributed by atoms with Crippen LogP contribution in [0.15, 0.2) is 22.4 Å². The Bertz CT molecular complexity index is 412. The summed E-state index contributed by atoms with van der Waals surface area (Å²) in [6, 6.07) is -0.475. The van der Waals surface area contributed by atoms with Crippen LogP contribution in [0.2, 0.25) is 0 Å². The van der Waals surface area contributed by atoms with Crippen LogP contribution in [-0.2, 0) is 9.59 Å². The minimum absolute atomic E-state index is 0.128. The SMILES string of the molecule is C=N/C(=N\C(=C)NC1CCC(=O)NC1=O)C(C)C. The number of amides is 2. The second kappa shape index (κ2) is 6.09. The number of rotatable bonds is 4. The summed E-state index contributed by atoms with van der Waals surface area (Å²) in [5.41, 5.74) is 0. The van der Waals surface area contributed by atoms with Crippen LogP contribution in [0.1, 0.15) is 26.7 Å². The van der Waals surface area contributed by atoms with E-state index >= 15 is 0 Å². The first-order valence-corrected chi connectivity index (χ1v) is 5.78. The zero-order chi connectivity index (χ0) is 13.7. The van der Waals surface area contributed by atoms with E-state index in [1.807, 2.05) is 13.8 Å². The van der Waals surface area contributed by atoms with Gasteiger partial charge in [0.15, 0.2) is 0 Å². The van der Waals surface area contributed by atoms with Gasteiger partial charge in [-0.05, 0) is 13.1 Å². The van der Waals surface area contributed by atoms with Crippen molar-refractivity contribution < 1.29 is 9.59 Å². The Morgan fingerprint density at radius 2 is 2.17 bits per heavy atom. The molecule has 1 atom stereocenters. The van der Waals surface area contributed by atoms with Gasteiger partial charge in [0.25, 0.3) is 0 Å². The van der Waals surface area contributed by atoms with E-state index in [-0.39, 0.29) is 17.7 Å². The molecule has 6 heteroatoms. The number of nitrogens with one attached hydrogen (secondary N) is 2. The average Bonchev–Trinajstić information content (AvgIpc) is 2.29. The van der Waals surface area contributed by atoms with Crippen LogP contribution in [0.5, 0.6) is 0 Å². The molecule has 0 saturated carbocycles. The predicted molar refractivity (Wildman–Crippen MR) is 70.3 cm³/mol. The van der Waals surface area contributed by atoms with Gasteiger partial charge >= 0.3 is 0 Å². The van der Waals surface area contributed by atoms with Gasteiger partial charge in [-0.15, -0.1) is 0 Å². The van der Waals surface area contributed by atoms with Gasteiger partial charge in [0, 0.05) is 12.3 Å². The van der Waals surface area contributed by atoms with Crippen LogP contribution in [-0.4, -0.2) is 30.4 Å². The minimum atomic E-state index is -0.475. The quantitative estimate of drug-likeness (QED) is 0.435. The molecule has 0 spiro atoms. The van der Waals surface area contributed by atoms with E-state index in [0.29, 0.717) is 24.5 Å². The van der Waals surface area contributed by atoms with E-state index < -0.39 is 6.04 Å². The highest BCUT2D eigenvalue weighted by Gasteiger charge is 2.26. The van der Waals surface area contributed by atoms with Crippen molar-refractivity contribution in [2.75, 3.05) is 0 Å². The summed E-state index contributed by atoms with van der Waals surface area (Å²) < 4.78 is 0. The van der Waals surface area contributed by atoms with Crippen molar-refractivity contribution in [3.8, 4) is 0 Å². The maximum absolute atomic E-state index is 11.5. The number of hydrogen-bond donors (Lipinski definition) is 2. The fourth-order valence-corrected chi connectivity index (χ4v) is 1.55. The lowest BCUT2D eigenvalue weighted by atomic mass is 10.1. The molecular weight excluding hydrogens is 232 g/mol. The average molecular weight is 250 g/mol. The van der Waals surface area contributed by atoms with E-state index in [0.717, 1.165) is 0 Å². The summed E-state index contributed by atoms with van der Waals surface area (Å²) >= 11 is 0. The monoisotopic (exact) mass is 250 g/mol. The maximum Gasteiger partial charge on any atom is 0.249 e. The van der Waals surface area contributed by atoms with Crippen molar-refractivity contribution in [2.24, 2.45) is 15.9 Å². The highest BCUT2D eigenvalue weighted by molar-refractivity contribution is 6.00. The van der Waals surface area contributed by atoms with Crippen LogP contribution < -0.4 is 10.6 Å². The number of aliphatic imine (C=N–C) groups is 2. The molecule has 1 fully saturated rings. The highest BCUT2D eigenvalue weighted by Crippen LogP contribution is 2.07. The molecule has 18 heavy (non-hydrogen) atoms. The van der Waals surface area contributed by atoms with Crippen LogP contribution >= 0.6 is 0 Å². The van der Waals surface area contributed by atoms with Crippen LogP contribution in [0, 0.1) is 5.92 Å². The number of hydrogen-bond acceptors (Lipinski definition) is 4. The third-order valence-corrected chi connectivity index (χ3v) is 2.51. The van der Waals surface area contributed by atoms with Crippen LogP contribution in [0.25, 0.3) is 0 Å².